The van der Waals surface area contributed by atoms with Crippen molar-refractivity contribution in [2.75, 3.05) is 5.32 Å². The van der Waals surface area contributed by atoms with Crippen molar-refractivity contribution < 1.29 is 18.6 Å². The van der Waals surface area contributed by atoms with Gasteiger partial charge in [-0.15, -0.1) is 0 Å². The fraction of sp³-hybridized carbons (Fsp3) is 0. The zero-order chi connectivity index (χ0) is 19.0. The number of rotatable bonds is 4. The molecule has 0 saturated heterocycles. The van der Waals surface area contributed by atoms with Gasteiger partial charge in [-0.1, -0.05) is 23.7 Å². The number of fused-ring (bicyclic) bond motifs is 1. The second-order valence-corrected chi connectivity index (χ2v) is 5.94. The van der Waals surface area contributed by atoms with E-state index in [1.807, 2.05) is 18.2 Å². The van der Waals surface area contributed by atoms with E-state index in [2.05, 4.69) is 10.3 Å². The number of carbonyl (C=O) groups excluding carboxylic acids is 1. The highest BCUT2D eigenvalue weighted by Gasteiger charge is 2.18. The summed E-state index contributed by atoms with van der Waals surface area (Å²) in [6.45, 7) is 0. The summed E-state index contributed by atoms with van der Waals surface area (Å²) in [5.41, 5.74) is 2.19. The highest BCUT2D eigenvalue weighted by molar-refractivity contribution is 6.33. The normalized spacial score (nSPS) is 10.9. The number of hydrogen-bond donors (Lipinski definition) is 1. The first kappa shape index (κ1) is 16.8. The molecule has 0 aliphatic carbocycles. The fourth-order valence-electron chi connectivity index (χ4n) is 2.49. The van der Waals surface area contributed by atoms with Crippen molar-refractivity contribution in [1.82, 2.24) is 4.98 Å². The number of benzene rings is 2. The third-order valence-corrected chi connectivity index (χ3v) is 4.07. The Morgan fingerprint density at radius 2 is 1.93 bits per heavy atom. The summed E-state index contributed by atoms with van der Waals surface area (Å²) < 4.78 is 10.6. The molecule has 0 spiro atoms. The van der Waals surface area contributed by atoms with Crippen LogP contribution in [0.5, 0.6) is 0 Å². The number of aromatic nitrogens is 1. The van der Waals surface area contributed by atoms with Crippen LogP contribution in [0.25, 0.3) is 22.6 Å². The standard InChI is InChI=1S/C18H10ClN3O5/c19-12-6-5-10(20-17(23)15-7-8-16(26-15)22(24)25)9-11(12)18-21-13-3-1-2-4-14(13)27-18/h1-9H,(H,20,23). The Morgan fingerprint density at radius 1 is 1.11 bits per heavy atom. The maximum absolute atomic E-state index is 12.2. The first-order valence-corrected chi connectivity index (χ1v) is 8.10. The molecule has 0 fully saturated rings. The smallest absolute Gasteiger partial charge is 0.433 e. The molecule has 134 valence electrons. The summed E-state index contributed by atoms with van der Waals surface area (Å²) in [7, 11) is 0. The average Bonchev–Trinajstić information content (AvgIpc) is 3.30. The molecule has 1 amide bonds. The highest BCUT2D eigenvalue weighted by Crippen LogP contribution is 2.32. The van der Waals surface area contributed by atoms with Gasteiger partial charge in [0.25, 0.3) is 5.91 Å². The number of amides is 1. The lowest BCUT2D eigenvalue weighted by atomic mass is 10.2. The van der Waals surface area contributed by atoms with E-state index in [0.29, 0.717) is 33.3 Å². The molecule has 0 radical (unpaired) electrons. The predicted octanol–water partition coefficient (Wildman–Crippen LogP) is 4.90. The van der Waals surface area contributed by atoms with Crippen LogP contribution in [0.4, 0.5) is 11.6 Å². The molecule has 4 aromatic rings. The van der Waals surface area contributed by atoms with Crippen LogP contribution in [-0.2, 0) is 0 Å². The van der Waals surface area contributed by atoms with Crippen LogP contribution >= 0.6 is 11.6 Å². The molecule has 2 heterocycles. The lowest BCUT2D eigenvalue weighted by molar-refractivity contribution is -0.402. The molecule has 2 aromatic carbocycles. The Balaban J connectivity index is 1.63. The molecule has 0 unspecified atom stereocenters. The van der Waals surface area contributed by atoms with Crippen LogP contribution in [0.15, 0.2) is 63.4 Å². The van der Waals surface area contributed by atoms with Crippen LogP contribution in [0.3, 0.4) is 0 Å². The topological polar surface area (TPSA) is 111 Å². The van der Waals surface area contributed by atoms with E-state index in [9.17, 15) is 14.9 Å². The summed E-state index contributed by atoms with van der Waals surface area (Å²) in [4.78, 5) is 26.6. The van der Waals surface area contributed by atoms with Gasteiger partial charge in [0.2, 0.25) is 5.89 Å². The monoisotopic (exact) mass is 383 g/mol. The highest BCUT2D eigenvalue weighted by atomic mass is 35.5. The van der Waals surface area contributed by atoms with Gasteiger partial charge >= 0.3 is 5.88 Å². The lowest BCUT2D eigenvalue weighted by Gasteiger charge is -2.06. The van der Waals surface area contributed by atoms with Gasteiger partial charge in [0.1, 0.15) is 10.4 Å². The first-order valence-electron chi connectivity index (χ1n) is 7.72. The Kier molecular flexibility index (Phi) is 4.09. The number of oxazole rings is 1. The third-order valence-electron chi connectivity index (χ3n) is 3.74. The van der Waals surface area contributed by atoms with E-state index < -0.39 is 16.7 Å². The Hall–Kier alpha value is -3.65. The second kappa shape index (κ2) is 6.58. The van der Waals surface area contributed by atoms with E-state index in [-0.39, 0.29) is 5.76 Å². The van der Waals surface area contributed by atoms with Crippen LogP contribution in [-0.4, -0.2) is 15.8 Å². The SMILES string of the molecule is O=C(Nc1ccc(Cl)c(-c2nc3ccccc3o2)c1)c1ccc([N+](=O)[O-])o1. The Bertz CT molecular complexity index is 1150. The van der Waals surface area contributed by atoms with Gasteiger partial charge in [-0.05, 0) is 36.4 Å². The minimum Gasteiger partial charge on any atom is -0.436 e. The van der Waals surface area contributed by atoms with Crippen LogP contribution in [0.1, 0.15) is 10.6 Å². The number of nitro groups is 1. The van der Waals surface area contributed by atoms with Crippen molar-refractivity contribution in [2.24, 2.45) is 0 Å². The van der Waals surface area contributed by atoms with Gasteiger partial charge in [0.15, 0.2) is 11.3 Å². The van der Waals surface area contributed by atoms with Crippen molar-refractivity contribution in [3.63, 3.8) is 0 Å². The summed E-state index contributed by atoms with van der Waals surface area (Å²) in [5.74, 6) is -1.01. The zero-order valence-corrected chi connectivity index (χ0v) is 14.3. The number of carbonyl (C=O) groups is 1. The van der Waals surface area contributed by atoms with E-state index in [1.54, 1.807) is 24.3 Å². The van der Waals surface area contributed by atoms with Crippen LogP contribution in [0, 0.1) is 10.1 Å². The predicted molar refractivity (Wildman–Crippen MR) is 97.8 cm³/mol. The van der Waals surface area contributed by atoms with Gasteiger partial charge in [-0.2, -0.15) is 0 Å². The number of anilines is 1. The first-order chi connectivity index (χ1) is 13.0. The largest absolute Gasteiger partial charge is 0.436 e. The lowest BCUT2D eigenvalue weighted by Crippen LogP contribution is -2.10. The van der Waals surface area contributed by atoms with Gasteiger partial charge in [0, 0.05) is 5.69 Å². The molecule has 0 saturated carbocycles. The second-order valence-electron chi connectivity index (χ2n) is 5.53. The summed E-state index contributed by atoms with van der Waals surface area (Å²) >= 11 is 6.24. The molecule has 0 bridgehead atoms. The molecule has 0 atom stereocenters. The zero-order valence-electron chi connectivity index (χ0n) is 13.5. The van der Waals surface area contributed by atoms with E-state index in [1.165, 1.54) is 6.07 Å². The molecule has 2 aromatic heterocycles. The van der Waals surface area contributed by atoms with Crippen molar-refractivity contribution in [3.8, 4) is 11.5 Å². The molecule has 27 heavy (non-hydrogen) atoms. The molecule has 9 heteroatoms. The molecule has 1 N–H and O–H groups in total. The molecular weight excluding hydrogens is 374 g/mol. The maximum Gasteiger partial charge on any atom is 0.433 e. The number of nitrogens with one attached hydrogen (secondary N) is 1. The van der Waals surface area contributed by atoms with E-state index in [0.717, 1.165) is 6.07 Å². The molecule has 0 aliphatic heterocycles. The summed E-state index contributed by atoms with van der Waals surface area (Å²) in [5, 5.41) is 13.7. The quantitative estimate of drug-likeness (QED) is 0.396. The van der Waals surface area contributed by atoms with Gasteiger partial charge in [-0.25, -0.2) is 4.98 Å². The maximum atomic E-state index is 12.2. The average molecular weight is 384 g/mol. The van der Waals surface area contributed by atoms with E-state index in [4.69, 9.17) is 20.4 Å². The number of halogens is 1. The Morgan fingerprint density at radius 3 is 2.67 bits per heavy atom. The third kappa shape index (κ3) is 3.25. The van der Waals surface area contributed by atoms with Crippen LogP contribution in [0.2, 0.25) is 5.02 Å². The van der Waals surface area contributed by atoms with Gasteiger partial charge in [-0.3, -0.25) is 14.9 Å². The van der Waals surface area contributed by atoms with Crippen molar-refractivity contribution in [3.05, 3.63) is 75.5 Å². The molecular formula is C18H10ClN3O5. The molecule has 0 aliphatic rings. The Labute approximate surface area is 156 Å². The van der Waals surface area contributed by atoms with Crippen molar-refractivity contribution >= 4 is 40.2 Å². The number of nitrogens with zero attached hydrogens (tertiary/aromatic N) is 2. The molecule has 8 nitrogen and oxygen atoms in total. The van der Waals surface area contributed by atoms with Crippen molar-refractivity contribution in [1.29, 1.82) is 0 Å². The minimum atomic E-state index is -0.718. The number of furan rings is 1. The minimum absolute atomic E-state index is 0.180. The number of hydrogen-bond acceptors (Lipinski definition) is 6. The van der Waals surface area contributed by atoms with Gasteiger partial charge < -0.3 is 14.2 Å². The summed E-state index contributed by atoms with van der Waals surface area (Å²) in [6, 6.07) is 14.4. The van der Waals surface area contributed by atoms with Crippen LogP contribution < -0.4 is 5.32 Å². The fourth-order valence-corrected chi connectivity index (χ4v) is 2.69. The van der Waals surface area contributed by atoms with E-state index >= 15 is 0 Å². The summed E-state index contributed by atoms with van der Waals surface area (Å²) in [6.07, 6.45) is 0. The number of para-hydroxylation sites is 2. The van der Waals surface area contributed by atoms with Gasteiger partial charge in [0.05, 0.1) is 16.7 Å². The van der Waals surface area contributed by atoms with Crippen molar-refractivity contribution in [2.45, 2.75) is 0 Å². The molecule has 4 rings (SSSR count).